The fourth-order valence-electron chi connectivity index (χ4n) is 2.08. The van der Waals surface area contributed by atoms with Gasteiger partial charge >= 0.3 is 0 Å². The lowest BCUT2D eigenvalue weighted by atomic mass is 10.1. The summed E-state index contributed by atoms with van der Waals surface area (Å²) in [6, 6.07) is 11.5. The van der Waals surface area contributed by atoms with E-state index in [0.29, 0.717) is 10.1 Å². The van der Waals surface area contributed by atoms with E-state index in [1.54, 1.807) is 6.07 Å². The largest absolute Gasteiger partial charge is 0.497 e. The van der Waals surface area contributed by atoms with Crippen molar-refractivity contribution in [1.29, 1.82) is 5.26 Å². The number of sulfonamides is 1. The third-order valence-corrected chi connectivity index (χ3v) is 5.05. The van der Waals surface area contributed by atoms with Crippen LogP contribution in [0.15, 0.2) is 36.4 Å². The molecule has 0 spiro atoms. The number of carbonyl (C=O) groups is 1. The van der Waals surface area contributed by atoms with Crippen molar-refractivity contribution in [2.45, 2.75) is 6.92 Å². The normalized spacial score (nSPS) is 10.8. The van der Waals surface area contributed by atoms with E-state index >= 15 is 0 Å². The average molecular weight is 361 g/mol. The minimum Gasteiger partial charge on any atom is -0.497 e. The molecule has 8 heteroatoms. The standard InChI is InChI=1S/C17H14FN2O4S/c1-3-25(22,23)20(16-9-6-14(18)10-13(16)11-19)17(21)12-4-7-15(24-2)8-5-12/h4-5,7-10H,3H2,1-2H3. The molecule has 2 aromatic carbocycles. The van der Waals surface area contributed by atoms with Gasteiger partial charge in [0.2, 0.25) is 10.0 Å². The summed E-state index contributed by atoms with van der Waals surface area (Å²) in [5, 5.41) is 9.17. The minimum atomic E-state index is -4.06. The van der Waals surface area contributed by atoms with Crippen molar-refractivity contribution >= 4 is 21.6 Å². The fraction of sp³-hybridized carbons (Fsp3) is 0.176. The van der Waals surface area contributed by atoms with Crippen LogP contribution in [0.1, 0.15) is 22.8 Å². The minimum absolute atomic E-state index is 0.0750. The van der Waals surface area contributed by atoms with Crippen molar-refractivity contribution in [2.24, 2.45) is 0 Å². The van der Waals surface area contributed by atoms with Crippen molar-refractivity contribution in [1.82, 2.24) is 0 Å². The average Bonchev–Trinajstić information content (AvgIpc) is 2.62. The Morgan fingerprint density at radius 1 is 1.36 bits per heavy atom. The molecule has 0 saturated carbocycles. The Labute approximate surface area is 145 Å². The Kier molecular flexibility index (Phi) is 5.39. The summed E-state index contributed by atoms with van der Waals surface area (Å²) in [5.74, 6) is -1.57. The highest BCUT2D eigenvalue weighted by Gasteiger charge is 2.31. The third-order valence-electron chi connectivity index (χ3n) is 3.40. The van der Waals surface area contributed by atoms with Gasteiger partial charge in [0.1, 0.15) is 17.6 Å². The number of amides is 1. The molecule has 0 atom stereocenters. The van der Waals surface area contributed by atoms with E-state index in [4.69, 9.17) is 4.74 Å². The highest BCUT2D eigenvalue weighted by molar-refractivity contribution is 7.93. The molecular weight excluding hydrogens is 347 g/mol. The van der Waals surface area contributed by atoms with Gasteiger partial charge in [-0.15, -0.1) is 0 Å². The van der Waals surface area contributed by atoms with E-state index in [0.717, 1.165) is 12.1 Å². The molecule has 0 aliphatic carbocycles. The first kappa shape index (κ1) is 18.4. The molecule has 6 nitrogen and oxygen atoms in total. The first-order chi connectivity index (χ1) is 11.8. The molecule has 1 amide bonds. The highest BCUT2D eigenvalue weighted by Crippen LogP contribution is 2.26. The molecular formula is C17H14FN2O4S. The van der Waals surface area contributed by atoms with Crippen LogP contribution in [-0.4, -0.2) is 27.2 Å². The Balaban J connectivity index is 2.62. The van der Waals surface area contributed by atoms with Gasteiger partial charge in [0.25, 0.3) is 5.91 Å². The molecule has 0 aliphatic rings. The fourth-order valence-corrected chi connectivity index (χ4v) is 3.15. The lowest BCUT2D eigenvalue weighted by Crippen LogP contribution is -2.38. The zero-order valence-electron chi connectivity index (χ0n) is 13.5. The molecule has 1 radical (unpaired) electrons. The lowest BCUT2D eigenvalue weighted by molar-refractivity contribution is 0.101. The number of hydrogen-bond acceptors (Lipinski definition) is 5. The summed E-state index contributed by atoms with van der Waals surface area (Å²) in [5.41, 5.74) is -0.451. The summed E-state index contributed by atoms with van der Waals surface area (Å²) < 4.78 is 43.7. The maximum atomic E-state index is 13.3. The summed E-state index contributed by atoms with van der Waals surface area (Å²) in [4.78, 5) is 12.8. The quantitative estimate of drug-likeness (QED) is 0.816. The Bertz CT molecular complexity index is 934. The third kappa shape index (κ3) is 3.78. The van der Waals surface area contributed by atoms with Gasteiger partial charge in [0.05, 0.1) is 24.1 Å². The molecule has 25 heavy (non-hydrogen) atoms. The number of hydrogen-bond donors (Lipinski definition) is 0. The van der Waals surface area contributed by atoms with Crippen LogP contribution in [0.4, 0.5) is 10.1 Å². The number of halogens is 1. The van der Waals surface area contributed by atoms with Crippen LogP contribution in [-0.2, 0) is 10.0 Å². The molecule has 0 saturated heterocycles. The maximum absolute atomic E-state index is 13.3. The first-order valence-electron chi connectivity index (χ1n) is 7.16. The van der Waals surface area contributed by atoms with Crippen LogP contribution in [0.2, 0.25) is 0 Å². The van der Waals surface area contributed by atoms with Crippen LogP contribution >= 0.6 is 0 Å². The van der Waals surface area contributed by atoms with E-state index in [1.807, 2.05) is 0 Å². The number of methoxy groups -OCH3 is 1. The molecule has 0 unspecified atom stereocenters. The zero-order chi connectivity index (χ0) is 18.6. The van der Waals surface area contributed by atoms with E-state index in [-0.39, 0.29) is 22.6 Å². The molecule has 0 aliphatic heterocycles. The van der Waals surface area contributed by atoms with Crippen LogP contribution in [0, 0.1) is 23.2 Å². The van der Waals surface area contributed by atoms with Gasteiger partial charge in [-0.05, 0) is 43.3 Å². The van der Waals surface area contributed by atoms with Crippen molar-refractivity contribution in [3.05, 3.63) is 59.4 Å². The van der Waals surface area contributed by atoms with Crippen molar-refractivity contribution < 1.29 is 22.3 Å². The van der Waals surface area contributed by atoms with Gasteiger partial charge in [-0.2, -0.15) is 5.26 Å². The second-order valence-corrected chi connectivity index (χ2v) is 7.00. The maximum Gasteiger partial charge on any atom is 0.272 e. The van der Waals surface area contributed by atoms with Crippen LogP contribution in [0.5, 0.6) is 5.75 Å². The SMILES string of the molecule is CCS(=O)(=O)N(C(=O)c1ccc(OC)cc1)c1c[c]c(F)cc1C#N. The summed E-state index contributed by atoms with van der Waals surface area (Å²) in [6.07, 6.45) is 0. The van der Waals surface area contributed by atoms with Crippen LogP contribution in [0.25, 0.3) is 0 Å². The number of ether oxygens (including phenoxy) is 1. The molecule has 0 N–H and O–H groups in total. The molecule has 0 bridgehead atoms. The number of carbonyl (C=O) groups excluding carboxylic acids is 1. The second-order valence-electron chi connectivity index (χ2n) is 4.89. The summed E-state index contributed by atoms with van der Waals surface area (Å²) in [6.45, 7) is 1.36. The lowest BCUT2D eigenvalue weighted by Gasteiger charge is -2.23. The molecule has 0 aromatic heterocycles. The van der Waals surface area contributed by atoms with Gasteiger partial charge in [-0.25, -0.2) is 17.1 Å². The number of rotatable bonds is 5. The molecule has 0 fully saturated rings. The van der Waals surface area contributed by atoms with Crippen molar-refractivity contribution in [2.75, 3.05) is 17.2 Å². The number of nitriles is 1. The van der Waals surface area contributed by atoms with Gasteiger partial charge in [0.15, 0.2) is 0 Å². The van der Waals surface area contributed by atoms with Crippen LogP contribution < -0.4 is 9.04 Å². The predicted octanol–water partition coefficient (Wildman–Crippen LogP) is 2.50. The van der Waals surface area contributed by atoms with Gasteiger partial charge in [-0.3, -0.25) is 4.79 Å². The van der Waals surface area contributed by atoms with E-state index in [9.17, 15) is 22.9 Å². The Morgan fingerprint density at radius 3 is 2.52 bits per heavy atom. The van der Waals surface area contributed by atoms with Gasteiger partial charge in [-0.1, -0.05) is 0 Å². The summed E-state index contributed by atoms with van der Waals surface area (Å²) in [7, 11) is -2.61. The van der Waals surface area contributed by atoms with Crippen LogP contribution in [0.3, 0.4) is 0 Å². The topological polar surface area (TPSA) is 87.5 Å². The molecule has 0 heterocycles. The second kappa shape index (κ2) is 7.32. The zero-order valence-corrected chi connectivity index (χ0v) is 14.3. The van der Waals surface area contributed by atoms with Gasteiger partial charge in [0, 0.05) is 11.6 Å². The smallest absolute Gasteiger partial charge is 0.272 e. The predicted molar refractivity (Wildman–Crippen MR) is 89.2 cm³/mol. The Hall–Kier alpha value is -2.92. The summed E-state index contributed by atoms with van der Waals surface area (Å²) >= 11 is 0. The van der Waals surface area contributed by atoms with E-state index < -0.39 is 21.7 Å². The molecule has 129 valence electrons. The molecule has 2 rings (SSSR count). The highest BCUT2D eigenvalue weighted by atomic mass is 32.2. The number of benzene rings is 2. The monoisotopic (exact) mass is 361 g/mol. The Morgan fingerprint density at radius 2 is 2.00 bits per heavy atom. The first-order valence-corrected chi connectivity index (χ1v) is 8.77. The van der Waals surface area contributed by atoms with Crippen molar-refractivity contribution in [3.63, 3.8) is 0 Å². The van der Waals surface area contributed by atoms with Crippen molar-refractivity contribution in [3.8, 4) is 11.8 Å². The number of anilines is 1. The molecule has 2 aromatic rings. The van der Waals surface area contributed by atoms with E-state index in [1.165, 1.54) is 38.3 Å². The van der Waals surface area contributed by atoms with Gasteiger partial charge < -0.3 is 4.74 Å². The van der Waals surface area contributed by atoms with E-state index in [2.05, 4.69) is 6.07 Å². The number of nitrogens with zero attached hydrogens (tertiary/aromatic N) is 2.